The van der Waals surface area contributed by atoms with Crippen molar-refractivity contribution in [3.05, 3.63) is 65.1 Å². The lowest BCUT2D eigenvalue weighted by atomic mass is 10.00. The maximum atomic E-state index is 12.3. The zero-order valence-corrected chi connectivity index (χ0v) is 16.1. The quantitative estimate of drug-likeness (QED) is 0.690. The van der Waals surface area contributed by atoms with Crippen LogP contribution in [-0.2, 0) is 4.79 Å². The number of piperidine rings is 1. The fourth-order valence-electron chi connectivity index (χ4n) is 3.18. The van der Waals surface area contributed by atoms with Crippen molar-refractivity contribution in [3.63, 3.8) is 0 Å². The van der Waals surface area contributed by atoms with Crippen molar-refractivity contribution in [2.75, 3.05) is 13.1 Å². The number of carbonyl (C=O) groups excluding carboxylic acids is 1. The molecule has 0 aliphatic carbocycles. The maximum Gasteiger partial charge on any atom is 0.286 e. The summed E-state index contributed by atoms with van der Waals surface area (Å²) in [5.74, 6) is 2.14. The molecule has 0 radical (unpaired) electrons. The molecule has 0 atom stereocenters. The van der Waals surface area contributed by atoms with E-state index in [1.165, 1.54) is 11.8 Å². The van der Waals surface area contributed by atoms with Gasteiger partial charge in [0.15, 0.2) is 5.17 Å². The van der Waals surface area contributed by atoms with E-state index in [1.54, 1.807) is 0 Å². The molecule has 1 saturated heterocycles. The summed E-state index contributed by atoms with van der Waals surface area (Å²) in [5.41, 5.74) is 0.933. The van der Waals surface area contributed by atoms with E-state index in [4.69, 9.17) is 4.74 Å². The minimum Gasteiger partial charge on any atom is -0.457 e. The SMILES string of the molecule is CC1CCN(C2=NC(=O)/C(=C\c3cccc(Oc4ccccc4)c3)S2)CC1. The molecule has 0 bridgehead atoms. The van der Waals surface area contributed by atoms with Gasteiger partial charge in [-0.1, -0.05) is 37.3 Å². The van der Waals surface area contributed by atoms with Gasteiger partial charge in [0.2, 0.25) is 0 Å². The summed E-state index contributed by atoms with van der Waals surface area (Å²) in [7, 11) is 0. The molecule has 2 aliphatic heterocycles. The van der Waals surface area contributed by atoms with E-state index >= 15 is 0 Å². The van der Waals surface area contributed by atoms with Gasteiger partial charge >= 0.3 is 0 Å². The number of carbonyl (C=O) groups is 1. The van der Waals surface area contributed by atoms with Gasteiger partial charge in [-0.3, -0.25) is 4.79 Å². The highest BCUT2D eigenvalue weighted by atomic mass is 32.2. The molecule has 1 fully saturated rings. The number of aliphatic imine (C=N–C) groups is 1. The predicted octanol–water partition coefficient (Wildman–Crippen LogP) is 5.18. The number of benzene rings is 2. The first-order valence-corrected chi connectivity index (χ1v) is 10.1. The van der Waals surface area contributed by atoms with E-state index in [9.17, 15) is 4.79 Å². The Morgan fingerprint density at radius 1 is 1.07 bits per heavy atom. The van der Waals surface area contributed by atoms with Crippen molar-refractivity contribution in [1.82, 2.24) is 4.90 Å². The Hall–Kier alpha value is -2.53. The second-order valence-electron chi connectivity index (χ2n) is 6.97. The summed E-state index contributed by atoms with van der Waals surface area (Å²) in [5, 5.41) is 0.842. The van der Waals surface area contributed by atoms with Crippen LogP contribution in [0.2, 0.25) is 0 Å². The Balaban J connectivity index is 1.46. The van der Waals surface area contributed by atoms with Gasteiger partial charge in [0.25, 0.3) is 5.91 Å². The number of amidine groups is 1. The zero-order chi connectivity index (χ0) is 18.6. The molecule has 2 heterocycles. The normalized spacial score (nSPS) is 19.4. The number of nitrogens with zero attached hydrogens (tertiary/aromatic N) is 2. The lowest BCUT2D eigenvalue weighted by molar-refractivity contribution is -0.113. The van der Waals surface area contributed by atoms with Gasteiger partial charge in [-0.15, -0.1) is 0 Å². The summed E-state index contributed by atoms with van der Waals surface area (Å²) in [6, 6.07) is 17.4. The van der Waals surface area contributed by atoms with Gasteiger partial charge in [-0.05, 0) is 66.4 Å². The molecule has 0 N–H and O–H groups in total. The third kappa shape index (κ3) is 4.42. The maximum absolute atomic E-state index is 12.3. The number of likely N-dealkylation sites (tertiary alicyclic amines) is 1. The van der Waals surface area contributed by atoms with Crippen LogP contribution in [-0.4, -0.2) is 29.1 Å². The second kappa shape index (κ2) is 8.01. The molecule has 27 heavy (non-hydrogen) atoms. The summed E-state index contributed by atoms with van der Waals surface area (Å²) < 4.78 is 5.88. The molecule has 4 nitrogen and oxygen atoms in total. The Labute approximate surface area is 163 Å². The van der Waals surface area contributed by atoms with Gasteiger partial charge < -0.3 is 9.64 Å². The van der Waals surface area contributed by atoms with Crippen LogP contribution >= 0.6 is 11.8 Å². The molecule has 1 amide bonds. The second-order valence-corrected chi connectivity index (χ2v) is 7.98. The number of ether oxygens (including phenoxy) is 1. The average molecular weight is 378 g/mol. The number of para-hydroxylation sites is 1. The van der Waals surface area contributed by atoms with Crippen LogP contribution in [0.15, 0.2) is 64.5 Å². The molecule has 0 unspecified atom stereocenters. The minimum atomic E-state index is -0.150. The van der Waals surface area contributed by atoms with Crippen molar-refractivity contribution in [2.24, 2.45) is 10.9 Å². The lowest BCUT2D eigenvalue weighted by Gasteiger charge is -2.30. The molecule has 0 saturated carbocycles. The molecule has 2 aliphatic rings. The highest BCUT2D eigenvalue weighted by Gasteiger charge is 2.28. The van der Waals surface area contributed by atoms with Gasteiger partial charge in [0, 0.05) is 13.1 Å². The van der Waals surface area contributed by atoms with Crippen LogP contribution in [0, 0.1) is 5.92 Å². The van der Waals surface area contributed by atoms with E-state index in [2.05, 4.69) is 16.8 Å². The van der Waals surface area contributed by atoms with Crippen LogP contribution < -0.4 is 4.74 Å². The third-order valence-corrected chi connectivity index (χ3v) is 5.84. The first-order chi connectivity index (χ1) is 13.2. The number of thioether (sulfide) groups is 1. The fraction of sp³-hybridized carbons (Fsp3) is 0.273. The third-order valence-electron chi connectivity index (χ3n) is 4.80. The number of rotatable bonds is 3. The van der Waals surface area contributed by atoms with E-state index < -0.39 is 0 Å². The predicted molar refractivity (Wildman–Crippen MR) is 111 cm³/mol. The van der Waals surface area contributed by atoms with Crippen molar-refractivity contribution >= 4 is 28.9 Å². The largest absolute Gasteiger partial charge is 0.457 e. The number of hydrogen-bond donors (Lipinski definition) is 0. The van der Waals surface area contributed by atoms with E-state index in [-0.39, 0.29) is 5.91 Å². The Morgan fingerprint density at radius 2 is 1.81 bits per heavy atom. The Bertz CT molecular complexity index is 884. The molecule has 138 valence electrons. The summed E-state index contributed by atoms with van der Waals surface area (Å²) in [6.07, 6.45) is 4.21. The molecule has 2 aromatic carbocycles. The van der Waals surface area contributed by atoms with E-state index in [0.717, 1.165) is 54.1 Å². The average Bonchev–Trinajstić information content (AvgIpc) is 3.04. The Morgan fingerprint density at radius 3 is 2.59 bits per heavy atom. The first-order valence-electron chi connectivity index (χ1n) is 9.28. The van der Waals surface area contributed by atoms with Crippen molar-refractivity contribution < 1.29 is 9.53 Å². The van der Waals surface area contributed by atoms with Crippen molar-refractivity contribution in [3.8, 4) is 11.5 Å². The zero-order valence-electron chi connectivity index (χ0n) is 15.3. The smallest absolute Gasteiger partial charge is 0.286 e. The topological polar surface area (TPSA) is 41.9 Å². The number of hydrogen-bond acceptors (Lipinski definition) is 4. The van der Waals surface area contributed by atoms with Crippen LogP contribution in [0.4, 0.5) is 0 Å². The fourth-order valence-corrected chi connectivity index (χ4v) is 4.14. The summed E-state index contributed by atoms with van der Waals surface area (Å²) >= 11 is 1.48. The Kier molecular flexibility index (Phi) is 5.30. The lowest BCUT2D eigenvalue weighted by Crippen LogP contribution is -2.35. The summed E-state index contributed by atoms with van der Waals surface area (Å²) in [6.45, 7) is 4.24. The van der Waals surface area contributed by atoms with Crippen LogP contribution in [0.1, 0.15) is 25.3 Å². The molecular weight excluding hydrogens is 356 g/mol. The molecule has 4 rings (SSSR count). The standard InChI is InChI=1S/C22H22N2O2S/c1-16-10-12-24(13-11-16)22-23-21(25)20(27-22)15-17-6-5-9-19(14-17)26-18-7-3-2-4-8-18/h2-9,14-16H,10-13H2,1H3/b20-15+. The van der Waals surface area contributed by atoms with Crippen molar-refractivity contribution in [2.45, 2.75) is 19.8 Å². The molecule has 5 heteroatoms. The highest BCUT2D eigenvalue weighted by molar-refractivity contribution is 8.18. The molecule has 2 aromatic rings. The van der Waals surface area contributed by atoms with Crippen LogP contribution in [0.5, 0.6) is 11.5 Å². The number of amides is 1. The van der Waals surface area contributed by atoms with Gasteiger partial charge in [0.05, 0.1) is 4.91 Å². The van der Waals surface area contributed by atoms with Gasteiger partial charge in [-0.2, -0.15) is 4.99 Å². The van der Waals surface area contributed by atoms with Gasteiger partial charge in [0.1, 0.15) is 11.5 Å². The molecule has 0 aromatic heterocycles. The summed E-state index contributed by atoms with van der Waals surface area (Å²) in [4.78, 5) is 19.5. The van der Waals surface area contributed by atoms with Crippen molar-refractivity contribution in [1.29, 1.82) is 0 Å². The monoisotopic (exact) mass is 378 g/mol. The van der Waals surface area contributed by atoms with Crippen LogP contribution in [0.25, 0.3) is 6.08 Å². The highest BCUT2D eigenvalue weighted by Crippen LogP contribution is 2.33. The first kappa shape index (κ1) is 17.9. The van der Waals surface area contributed by atoms with Gasteiger partial charge in [-0.25, -0.2) is 0 Å². The minimum absolute atomic E-state index is 0.150. The van der Waals surface area contributed by atoms with Crippen LogP contribution in [0.3, 0.4) is 0 Å². The van der Waals surface area contributed by atoms with E-state index in [0.29, 0.717) is 4.91 Å². The van der Waals surface area contributed by atoms with E-state index in [1.807, 2.05) is 60.7 Å². The molecular formula is C22H22N2O2S. The molecule has 0 spiro atoms.